The third-order valence-electron chi connectivity index (χ3n) is 3.13. The lowest BCUT2D eigenvalue weighted by Gasteiger charge is -2.09. The van der Waals surface area contributed by atoms with Gasteiger partial charge in [-0.2, -0.15) is 0 Å². The van der Waals surface area contributed by atoms with Crippen LogP contribution in [0.25, 0.3) is 0 Å². The molecular weight excluding hydrogens is 268 g/mol. The fourth-order valence-electron chi connectivity index (χ4n) is 1.99. The zero-order chi connectivity index (χ0) is 15.2. The van der Waals surface area contributed by atoms with Gasteiger partial charge in [0.1, 0.15) is 26.0 Å². The number of aromatic hydroxyl groups is 1. The molecule has 0 spiro atoms. The fourth-order valence-corrected chi connectivity index (χ4v) is 1.99. The minimum atomic E-state index is 0.0871. The summed E-state index contributed by atoms with van der Waals surface area (Å²) in [6, 6.07) is 9.44. The molecule has 0 aliphatic carbocycles. The molecule has 1 aromatic carbocycles. The Morgan fingerprint density at radius 2 is 1.95 bits per heavy atom. The van der Waals surface area contributed by atoms with Crippen LogP contribution in [-0.4, -0.2) is 18.3 Å². The normalized spacial score (nSPS) is 10.4. The van der Waals surface area contributed by atoms with Gasteiger partial charge in [0.05, 0.1) is 12.6 Å². The van der Waals surface area contributed by atoms with Crippen LogP contribution in [-0.2, 0) is 13.6 Å². The number of aryl methyl sites for hydroxylation is 2. The summed E-state index contributed by atoms with van der Waals surface area (Å²) in [4.78, 5) is 0. The number of pyridine rings is 1. The molecule has 0 saturated heterocycles. The molecule has 0 saturated carbocycles. The number of nitrogens with zero attached hydrogens (tertiary/aromatic N) is 1. The minimum Gasteiger partial charge on any atom is -0.504 e. The van der Waals surface area contributed by atoms with E-state index >= 15 is 0 Å². The van der Waals surface area contributed by atoms with Crippen LogP contribution in [0.1, 0.15) is 11.3 Å². The summed E-state index contributed by atoms with van der Waals surface area (Å²) in [5.74, 6) is 1.32. The molecule has 0 radical (unpaired) electrons. The van der Waals surface area contributed by atoms with E-state index in [0.29, 0.717) is 25.5 Å². The predicted molar refractivity (Wildman–Crippen MR) is 79.3 cm³/mol. The Bertz CT molecular complexity index is 614. The van der Waals surface area contributed by atoms with Crippen molar-refractivity contribution in [3.8, 4) is 17.2 Å². The van der Waals surface area contributed by atoms with Crippen molar-refractivity contribution in [3.63, 3.8) is 0 Å². The Morgan fingerprint density at radius 1 is 1.19 bits per heavy atom. The largest absolute Gasteiger partial charge is 0.504 e. The second-order valence-electron chi connectivity index (χ2n) is 4.84. The van der Waals surface area contributed by atoms with Gasteiger partial charge in [-0.15, -0.1) is 0 Å². The Morgan fingerprint density at radius 3 is 2.67 bits per heavy atom. The van der Waals surface area contributed by atoms with Gasteiger partial charge in [0, 0.05) is 0 Å². The molecule has 0 fully saturated rings. The van der Waals surface area contributed by atoms with Crippen LogP contribution >= 0.6 is 0 Å². The number of benzene rings is 1. The Kier molecular flexibility index (Phi) is 5.00. The Labute approximate surface area is 124 Å². The zero-order valence-corrected chi connectivity index (χ0v) is 12.4. The monoisotopic (exact) mass is 289 g/mol. The SMILES string of the molecule is Cc1cccc(OCCOc2c[n+](C)c(CN)cc2O)c1. The maximum Gasteiger partial charge on any atom is 0.225 e. The lowest BCUT2D eigenvalue weighted by atomic mass is 10.2. The van der Waals surface area contributed by atoms with Crippen molar-refractivity contribution in [2.45, 2.75) is 13.5 Å². The molecule has 2 rings (SSSR count). The Hall–Kier alpha value is -2.27. The van der Waals surface area contributed by atoms with Gasteiger partial charge in [-0.3, -0.25) is 0 Å². The van der Waals surface area contributed by atoms with Crippen molar-refractivity contribution < 1.29 is 19.1 Å². The molecule has 5 nitrogen and oxygen atoms in total. The van der Waals surface area contributed by atoms with Gasteiger partial charge in [-0.05, 0) is 24.6 Å². The first-order valence-electron chi connectivity index (χ1n) is 6.84. The summed E-state index contributed by atoms with van der Waals surface area (Å²) >= 11 is 0. The molecule has 1 heterocycles. The van der Waals surface area contributed by atoms with E-state index < -0.39 is 0 Å². The van der Waals surface area contributed by atoms with Crippen molar-refractivity contribution >= 4 is 0 Å². The van der Waals surface area contributed by atoms with E-state index in [1.807, 2.05) is 42.8 Å². The minimum absolute atomic E-state index is 0.0871. The molecule has 0 atom stereocenters. The van der Waals surface area contributed by atoms with Crippen molar-refractivity contribution in [2.75, 3.05) is 13.2 Å². The fraction of sp³-hybridized carbons (Fsp3) is 0.312. The zero-order valence-electron chi connectivity index (χ0n) is 12.4. The van der Waals surface area contributed by atoms with Gasteiger partial charge in [0.2, 0.25) is 11.9 Å². The first-order valence-corrected chi connectivity index (χ1v) is 6.84. The van der Waals surface area contributed by atoms with E-state index in [1.54, 1.807) is 12.3 Å². The van der Waals surface area contributed by atoms with E-state index in [9.17, 15) is 5.11 Å². The molecule has 112 valence electrons. The highest BCUT2D eigenvalue weighted by atomic mass is 16.5. The van der Waals surface area contributed by atoms with Crippen molar-refractivity contribution in [1.82, 2.24) is 0 Å². The number of ether oxygens (including phenoxy) is 2. The molecule has 5 heteroatoms. The molecule has 0 bridgehead atoms. The van der Waals surface area contributed by atoms with Gasteiger partial charge in [-0.25, -0.2) is 4.57 Å². The van der Waals surface area contributed by atoms with Gasteiger partial charge in [0.25, 0.3) is 0 Å². The van der Waals surface area contributed by atoms with Gasteiger partial charge >= 0.3 is 0 Å². The molecule has 2 aromatic rings. The first-order chi connectivity index (χ1) is 10.1. The molecule has 21 heavy (non-hydrogen) atoms. The van der Waals surface area contributed by atoms with E-state index in [-0.39, 0.29) is 5.75 Å². The maximum atomic E-state index is 9.86. The highest BCUT2D eigenvalue weighted by molar-refractivity contribution is 5.35. The quantitative estimate of drug-likeness (QED) is 0.624. The summed E-state index contributed by atoms with van der Waals surface area (Å²) in [6.45, 7) is 3.13. The number of hydrogen-bond acceptors (Lipinski definition) is 4. The van der Waals surface area contributed by atoms with Crippen LogP contribution in [0.2, 0.25) is 0 Å². The van der Waals surface area contributed by atoms with Crippen molar-refractivity contribution in [1.29, 1.82) is 0 Å². The van der Waals surface area contributed by atoms with Crippen LogP contribution < -0.4 is 19.8 Å². The standard InChI is InChI=1S/C16H20N2O3/c1-12-4-3-5-14(8-12)20-6-7-21-16-11-18(2)13(10-17)9-15(16)19/h3-5,8-9,11H,6-7,10,17H2,1-2H3/p+1. The smallest absolute Gasteiger partial charge is 0.225 e. The molecule has 0 aliphatic heterocycles. The molecule has 0 amide bonds. The number of aromatic nitrogens is 1. The molecule has 0 unspecified atom stereocenters. The molecular formula is C16H21N2O3+. The Balaban J connectivity index is 1.88. The second kappa shape index (κ2) is 6.95. The highest BCUT2D eigenvalue weighted by Crippen LogP contribution is 2.24. The van der Waals surface area contributed by atoms with Crippen LogP contribution in [0.5, 0.6) is 17.2 Å². The number of hydrogen-bond donors (Lipinski definition) is 2. The van der Waals surface area contributed by atoms with E-state index in [2.05, 4.69) is 0 Å². The van der Waals surface area contributed by atoms with Gasteiger partial charge in [0.15, 0.2) is 11.4 Å². The highest BCUT2D eigenvalue weighted by Gasteiger charge is 2.13. The van der Waals surface area contributed by atoms with E-state index in [4.69, 9.17) is 15.2 Å². The van der Waals surface area contributed by atoms with Crippen molar-refractivity contribution in [2.24, 2.45) is 12.8 Å². The average Bonchev–Trinajstić information content (AvgIpc) is 2.46. The van der Waals surface area contributed by atoms with Crippen LogP contribution in [0.4, 0.5) is 0 Å². The topological polar surface area (TPSA) is 68.6 Å². The number of nitrogens with two attached hydrogens (primary N) is 1. The predicted octanol–water partition coefficient (Wildman–Crippen LogP) is 1.44. The first kappa shape index (κ1) is 15.1. The second-order valence-corrected chi connectivity index (χ2v) is 4.84. The molecule has 3 N–H and O–H groups in total. The van der Waals surface area contributed by atoms with Crippen LogP contribution in [0, 0.1) is 6.92 Å². The number of rotatable bonds is 6. The lowest BCUT2D eigenvalue weighted by molar-refractivity contribution is -0.679. The average molecular weight is 289 g/mol. The van der Waals surface area contributed by atoms with Crippen molar-refractivity contribution in [3.05, 3.63) is 47.8 Å². The third-order valence-corrected chi connectivity index (χ3v) is 3.13. The van der Waals surface area contributed by atoms with E-state index in [1.165, 1.54) is 0 Å². The van der Waals surface area contributed by atoms with E-state index in [0.717, 1.165) is 17.0 Å². The summed E-state index contributed by atoms with van der Waals surface area (Å²) in [5, 5.41) is 9.86. The lowest BCUT2D eigenvalue weighted by Crippen LogP contribution is -2.34. The van der Waals surface area contributed by atoms with Gasteiger partial charge in [-0.1, -0.05) is 12.1 Å². The molecule has 1 aromatic heterocycles. The third kappa shape index (κ3) is 4.10. The maximum absolute atomic E-state index is 9.86. The van der Waals surface area contributed by atoms with Crippen LogP contribution in [0.15, 0.2) is 36.5 Å². The summed E-state index contributed by atoms with van der Waals surface area (Å²) in [7, 11) is 1.86. The van der Waals surface area contributed by atoms with Gasteiger partial charge < -0.3 is 20.3 Å². The van der Waals surface area contributed by atoms with Crippen LogP contribution in [0.3, 0.4) is 0 Å². The summed E-state index contributed by atoms with van der Waals surface area (Å²) in [6.07, 6.45) is 1.71. The summed E-state index contributed by atoms with van der Waals surface area (Å²) < 4.78 is 13.0. The molecule has 0 aliphatic rings. The summed E-state index contributed by atoms with van der Waals surface area (Å²) in [5.41, 5.74) is 7.55.